The van der Waals surface area contributed by atoms with Crippen LogP contribution < -0.4 is 11.1 Å². The average Bonchev–Trinajstić information content (AvgIpc) is 2.40. The van der Waals surface area contributed by atoms with Crippen LogP contribution in [0.4, 0.5) is 0 Å². The third kappa shape index (κ3) is 3.76. The molecule has 0 spiro atoms. The topological polar surface area (TPSA) is 38.0 Å². The minimum atomic E-state index is 0.234. The van der Waals surface area contributed by atoms with Crippen LogP contribution in [-0.2, 0) is 0 Å². The maximum absolute atomic E-state index is 5.98. The second-order valence-corrected chi connectivity index (χ2v) is 5.49. The highest BCUT2D eigenvalue weighted by Crippen LogP contribution is 2.31. The molecule has 1 saturated carbocycles. The van der Waals surface area contributed by atoms with Crippen molar-refractivity contribution in [3.63, 3.8) is 0 Å². The first-order valence-corrected chi connectivity index (χ1v) is 6.59. The number of hydrogen-bond donors (Lipinski definition) is 2. The van der Waals surface area contributed by atoms with Crippen LogP contribution in [0.3, 0.4) is 0 Å². The largest absolute Gasteiger partial charge is 0.329 e. The predicted molar refractivity (Wildman–Crippen MR) is 66.9 cm³/mol. The van der Waals surface area contributed by atoms with E-state index in [4.69, 9.17) is 5.73 Å². The Hall–Kier alpha value is -0.0800. The Balaban J connectivity index is 2.57. The predicted octanol–water partition coefficient (Wildman–Crippen LogP) is 2.67. The Morgan fingerprint density at radius 2 is 2.07 bits per heavy atom. The molecule has 0 saturated heterocycles. The summed E-state index contributed by atoms with van der Waals surface area (Å²) in [5.41, 5.74) is 6.21. The summed E-state index contributed by atoms with van der Waals surface area (Å²) < 4.78 is 0. The summed E-state index contributed by atoms with van der Waals surface area (Å²) in [5, 5.41) is 3.70. The molecule has 2 heteroatoms. The van der Waals surface area contributed by atoms with E-state index in [1.54, 1.807) is 0 Å². The summed E-state index contributed by atoms with van der Waals surface area (Å²) in [7, 11) is 0. The molecular weight excluding hydrogens is 184 g/mol. The molecule has 2 nitrogen and oxygen atoms in total. The van der Waals surface area contributed by atoms with Gasteiger partial charge in [-0.25, -0.2) is 0 Å². The fraction of sp³-hybridized carbons (Fsp3) is 1.00. The van der Waals surface area contributed by atoms with Gasteiger partial charge in [0.25, 0.3) is 0 Å². The molecule has 1 aliphatic carbocycles. The van der Waals surface area contributed by atoms with Gasteiger partial charge in [0, 0.05) is 18.1 Å². The van der Waals surface area contributed by atoms with E-state index in [0.29, 0.717) is 6.04 Å². The van der Waals surface area contributed by atoms with Gasteiger partial charge in [0.2, 0.25) is 0 Å². The Morgan fingerprint density at radius 3 is 2.60 bits per heavy atom. The van der Waals surface area contributed by atoms with Crippen molar-refractivity contribution in [2.24, 2.45) is 11.7 Å². The normalized spacial score (nSPS) is 33.0. The Labute approximate surface area is 95.0 Å². The minimum Gasteiger partial charge on any atom is -0.329 e. The lowest BCUT2D eigenvalue weighted by Gasteiger charge is -2.35. The first-order chi connectivity index (χ1) is 7.12. The molecule has 1 fully saturated rings. The van der Waals surface area contributed by atoms with E-state index in [1.807, 2.05) is 0 Å². The molecule has 15 heavy (non-hydrogen) atoms. The van der Waals surface area contributed by atoms with E-state index >= 15 is 0 Å². The van der Waals surface area contributed by atoms with E-state index in [9.17, 15) is 0 Å². The van der Waals surface area contributed by atoms with Gasteiger partial charge in [-0.2, -0.15) is 0 Å². The third-order valence-electron chi connectivity index (χ3n) is 3.86. The highest BCUT2D eigenvalue weighted by Gasteiger charge is 2.31. The molecule has 0 radical (unpaired) electrons. The van der Waals surface area contributed by atoms with Gasteiger partial charge in [-0.3, -0.25) is 0 Å². The molecule has 0 aliphatic heterocycles. The third-order valence-corrected chi connectivity index (χ3v) is 3.86. The monoisotopic (exact) mass is 212 g/mol. The Kier molecular flexibility index (Phi) is 5.07. The van der Waals surface area contributed by atoms with Crippen molar-refractivity contribution in [1.29, 1.82) is 0 Å². The molecule has 0 heterocycles. The smallest absolute Gasteiger partial charge is 0.0306 e. The van der Waals surface area contributed by atoms with Gasteiger partial charge in [-0.15, -0.1) is 0 Å². The molecule has 90 valence electrons. The van der Waals surface area contributed by atoms with Crippen molar-refractivity contribution < 1.29 is 0 Å². The summed E-state index contributed by atoms with van der Waals surface area (Å²) in [4.78, 5) is 0. The van der Waals surface area contributed by atoms with Crippen LogP contribution in [0.5, 0.6) is 0 Å². The van der Waals surface area contributed by atoms with Crippen molar-refractivity contribution in [3.05, 3.63) is 0 Å². The lowest BCUT2D eigenvalue weighted by molar-refractivity contribution is 0.267. The van der Waals surface area contributed by atoms with Gasteiger partial charge in [0.1, 0.15) is 0 Å². The van der Waals surface area contributed by atoms with Crippen LogP contribution >= 0.6 is 0 Å². The zero-order valence-corrected chi connectivity index (χ0v) is 10.7. The van der Waals surface area contributed by atoms with Crippen molar-refractivity contribution in [2.45, 2.75) is 70.9 Å². The van der Waals surface area contributed by atoms with Crippen molar-refractivity contribution in [1.82, 2.24) is 5.32 Å². The highest BCUT2D eigenvalue weighted by atomic mass is 15.0. The Bertz CT molecular complexity index is 179. The summed E-state index contributed by atoms with van der Waals surface area (Å²) in [5.74, 6) is 0.937. The lowest BCUT2D eigenvalue weighted by Crippen LogP contribution is -2.53. The zero-order valence-electron chi connectivity index (χ0n) is 10.7. The molecule has 3 N–H and O–H groups in total. The molecule has 0 bridgehead atoms. The first kappa shape index (κ1) is 13.0. The fourth-order valence-electron chi connectivity index (χ4n) is 2.91. The molecule has 0 aromatic carbocycles. The lowest BCUT2D eigenvalue weighted by atomic mass is 9.88. The first-order valence-electron chi connectivity index (χ1n) is 6.59. The van der Waals surface area contributed by atoms with Crippen LogP contribution in [0.1, 0.15) is 59.3 Å². The number of hydrogen-bond acceptors (Lipinski definition) is 2. The summed E-state index contributed by atoms with van der Waals surface area (Å²) in [6.07, 6.45) is 7.96. The highest BCUT2D eigenvalue weighted by molar-refractivity contribution is 4.92. The van der Waals surface area contributed by atoms with E-state index in [-0.39, 0.29) is 5.54 Å². The van der Waals surface area contributed by atoms with Gasteiger partial charge >= 0.3 is 0 Å². The molecule has 0 aromatic rings. The van der Waals surface area contributed by atoms with Gasteiger partial charge in [0.15, 0.2) is 0 Å². The number of rotatable bonds is 4. The molecule has 0 aromatic heterocycles. The molecule has 1 rings (SSSR count). The summed E-state index contributed by atoms with van der Waals surface area (Å²) in [6.45, 7) is 7.55. The number of nitrogens with one attached hydrogen (secondary N) is 1. The van der Waals surface area contributed by atoms with Crippen molar-refractivity contribution in [3.8, 4) is 0 Å². The maximum Gasteiger partial charge on any atom is 0.0306 e. The van der Waals surface area contributed by atoms with Crippen LogP contribution in [-0.4, -0.2) is 18.1 Å². The van der Waals surface area contributed by atoms with Gasteiger partial charge < -0.3 is 11.1 Å². The molecule has 0 amide bonds. The minimum absolute atomic E-state index is 0.234. The van der Waals surface area contributed by atoms with Crippen LogP contribution in [0.15, 0.2) is 0 Å². The van der Waals surface area contributed by atoms with Crippen LogP contribution in [0.25, 0.3) is 0 Å². The maximum atomic E-state index is 5.98. The second kappa shape index (κ2) is 5.86. The van der Waals surface area contributed by atoms with Crippen molar-refractivity contribution >= 4 is 0 Å². The summed E-state index contributed by atoms with van der Waals surface area (Å²) >= 11 is 0. The van der Waals surface area contributed by atoms with Gasteiger partial charge in [0.05, 0.1) is 0 Å². The van der Waals surface area contributed by atoms with E-state index < -0.39 is 0 Å². The van der Waals surface area contributed by atoms with Gasteiger partial charge in [-0.05, 0) is 25.2 Å². The van der Waals surface area contributed by atoms with Crippen molar-refractivity contribution in [2.75, 3.05) is 6.54 Å². The van der Waals surface area contributed by atoms with Crippen LogP contribution in [0, 0.1) is 5.92 Å². The van der Waals surface area contributed by atoms with E-state index in [2.05, 4.69) is 26.1 Å². The summed E-state index contributed by atoms with van der Waals surface area (Å²) in [6, 6.07) is 0.548. The van der Waals surface area contributed by atoms with E-state index in [0.717, 1.165) is 12.5 Å². The molecule has 2 unspecified atom stereocenters. The molecular formula is C13H28N2. The second-order valence-electron chi connectivity index (χ2n) is 5.49. The standard InChI is InChI=1S/C13H28N2/c1-4-12-6-5-8-13(10-14,9-7-12)15-11(2)3/h11-12,15H,4-10,14H2,1-3H3. The molecule has 2 atom stereocenters. The van der Waals surface area contributed by atoms with Gasteiger partial charge in [-0.1, -0.05) is 40.0 Å². The van der Waals surface area contributed by atoms with Crippen LogP contribution in [0.2, 0.25) is 0 Å². The SMILES string of the molecule is CCC1CCCC(CN)(NC(C)C)CC1. The average molecular weight is 212 g/mol. The molecule has 1 aliphatic rings. The Morgan fingerprint density at radius 1 is 1.33 bits per heavy atom. The quantitative estimate of drug-likeness (QED) is 0.703. The fourth-order valence-corrected chi connectivity index (χ4v) is 2.91. The van der Waals surface area contributed by atoms with E-state index in [1.165, 1.54) is 38.5 Å². The number of nitrogens with two attached hydrogens (primary N) is 1. The zero-order chi connectivity index (χ0) is 11.3.